The largest absolute Gasteiger partial charge is 0.487 e. The van der Waals surface area contributed by atoms with E-state index in [4.69, 9.17) is 4.74 Å². The number of alkyl halides is 3. The number of amides is 1. The van der Waals surface area contributed by atoms with Gasteiger partial charge in [-0.15, -0.1) is 0 Å². The number of hydrogen-bond acceptors (Lipinski definition) is 9. The normalized spacial score (nSPS) is 27.8. The van der Waals surface area contributed by atoms with E-state index in [2.05, 4.69) is 30.2 Å². The SMILES string of the molecule is CC1CC2CC(C)C(NC(=O)c3cnc(N4CC5(CCCCC5)c5c4ccc(OC4CCN(c6ncccn6)CC4)c5F)nc3C(F)(F)F)(C(=O)O)C(C1)C2. The van der Waals surface area contributed by atoms with E-state index in [9.17, 15) is 27.9 Å². The van der Waals surface area contributed by atoms with Crippen LogP contribution < -0.4 is 19.9 Å². The first-order chi connectivity index (χ1) is 26.3. The van der Waals surface area contributed by atoms with Crippen molar-refractivity contribution < 1.29 is 37.0 Å². The summed E-state index contributed by atoms with van der Waals surface area (Å²) in [6, 6.07) is 4.95. The zero-order valence-electron chi connectivity index (χ0n) is 31.1. The number of hydrogen-bond donors (Lipinski definition) is 2. The number of carbonyl (C=O) groups excluding carboxylic acids is 1. The fourth-order valence-electron chi connectivity index (χ4n) is 10.7. The van der Waals surface area contributed by atoms with Crippen LogP contribution in [0.15, 0.2) is 36.8 Å². The molecule has 2 aliphatic heterocycles. The smallest absolute Gasteiger partial charge is 0.434 e. The maximum atomic E-state index is 16.8. The number of carboxylic acid groups (broad SMARTS) is 1. The number of nitrogens with zero attached hydrogens (tertiary/aromatic N) is 6. The van der Waals surface area contributed by atoms with E-state index in [0.717, 1.165) is 31.9 Å². The predicted octanol–water partition coefficient (Wildman–Crippen LogP) is 7.47. The van der Waals surface area contributed by atoms with Crippen LogP contribution in [0.25, 0.3) is 0 Å². The second-order valence-corrected chi connectivity index (χ2v) is 16.6. The van der Waals surface area contributed by atoms with Crippen molar-refractivity contribution in [3.05, 3.63) is 59.4 Å². The topological polar surface area (TPSA) is 134 Å². The van der Waals surface area contributed by atoms with E-state index < -0.39 is 57.9 Å². The zero-order chi connectivity index (χ0) is 38.7. The summed E-state index contributed by atoms with van der Waals surface area (Å²) in [7, 11) is 0. The van der Waals surface area contributed by atoms with Gasteiger partial charge in [0.05, 0.1) is 11.3 Å². The Morgan fingerprint density at radius 1 is 0.964 bits per heavy atom. The number of aliphatic carboxylic acids is 1. The van der Waals surface area contributed by atoms with Crippen LogP contribution in [0.5, 0.6) is 5.75 Å². The fraction of sp³-hybridized carbons (Fsp3) is 0.600. The number of aromatic nitrogens is 4. The van der Waals surface area contributed by atoms with E-state index in [1.807, 2.05) is 6.92 Å². The molecule has 15 heteroatoms. The summed E-state index contributed by atoms with van der Waals surface area (Å²) in [6.07, 6.45) is 6.71. The van der Waals surface area contributed by atoms with Crippen molar-refractivity contribution in [1.29, 1.82) is 0 Å². The first kappa shape index (κ1) is 37.4. The van der Waals surface area contributed by atoms with Crippen LogP contribution in [-0.4, -0.2) is 68.2 Å². The van der Waals surface area contributed by atoms with Gasteiger partial charge in [-0.05, 0) is 80.4 Å². The van der Waals surface area contributed by atoms with E-state index in [1.165, 1.54) is 11.0 Å². The Morgan fingerprint density at radius 3 is 2.38 bits per heavy atom. The number of carboxylic acids is 1. The highest BCUT2D eigenvalue weighted by atomic mass is 19.4. The van der Waals surface area contributed by atoms with Gasteiger partial charge in [0.1, 0.15) is 11.6 Å². The summed E-state index contributed by atoms with van der Waals surface area (Å²) >= 11 is 0. The maximum Gasteiger partial charge on any atom is 0.434 e. The Hall–Kier alpha value is -4.56. The van der Waals surface area contributed by atoms with Crippen LogP contribution in [0.4, 0.5) is 35.1 Å². The monoisotopic (exact) mass is 765 g/mol. The maximum absolute atomic E-state index is 16.8. The van der Waals surface area contributed by atoms with Gasteiger partial charge in [-0.25, -0.2) is 29.1 Å². The Kier molecular flexibility index (Phi) is 9.64. The zero-order valence-corrected chi connectivity index (χ0v) is 31.1. The molecule has 5 unspecified atom stereocenters. The number of ether oxygens (including phenoxy) is 1. The molecule has 0 radical (unpaired) electrons. The van der Waals surface area contributed by atoms with Gasteiger partial charge in [0.2, 0.25) is 11.9 Å². The van der Waals surface area contributed by atoms with Crippen molar-refractivity contribution in [3.8, 4) is 5.75 Å². The van der Waals surface area contributed by atoms with Crippen LogP contribution in [0.3, 0.4) is 0 Å². The van der Waals surface area contributed by atoms with Crippen molar-refractivity contribution in [2.24, 2.45) is 23.7 Å². The quantitative estimate of drug-likeness (QED) is 0.234. The average Bonchev–Trinajstić information content (AvgIpc) is 3.47. The molecule has 5 atom stereocenters. The van der Waals surface area contributed by atoms with Crippen molar-refractivity contribution in [2.45, 2.75) is 108 Å². The predicted molar refractivity (Wildman–Crippen MR) is 195 cm³/mol. The van der Waals surface area contributed by atoms with Gasteiger partial charge in [-0.2, -0.15) is 13.2 Å². The highest BCUT2D eigenvalue weighted by Gasteiger charge is 2.57. The lowest BCUT2D eigenvalue weighted by Gasteiger charge is -2.52. The second kappa shape index (κ2) is 14.2. The van der Waals surface area contributed by atoms with Crippen molar-refractivity contribution >= 4 is 29.5 Å². The lowest BCUT2D eigenvalue weighted by molar-refractivity contribution is -0.155. The summed E-state index contributed by atoms with van der Waals surface area (Å²) in [6.45, 7) is 5.24. The first-order valence-electron chi connectivity index (χ1n) is 19.6. The van der Waals surface area contributed by atoms with Gasteiger partial charge in [-0.1, -0.05) is 33.1 Å². The molecule has 4 heterocycles. The van der Waals surface area contributed by atoms with Crippen LogP contribution >= 0.6 is 0 Å². The Morgan fingerprint density at radius 2 is 1.69 bits per heavy atom. The average molecular weight is 766 g/mol. The summed E-state index contributed by atoms with van der Waals surface area (Å²) in [4.78, 5) is 47.3. The number of piperidine rings is 1. The Balaban J connectivity index is 1.09. The highest BCUT2D eigenvalue weighted by Crippen LogP contribution is 2.54. The lowest BCUT2D eigenvalue weighted by atomic mass is 9.56. The third kappa shape index (κ3) is 6.64. The molecule has 4 fully saturated rings. The minimum Gasteiger partial charge on any atom is -0.487 e. The Labute approximate surface area is 317 Å². The molecular weight excluding hydrogens is 718 g/mol. The van der Waals surface area contributed by atoms with Crippen LogP contribution in [0.2, 0.25) is 0 Å². The van der Waals surface area contributed by atoms with E-state index >= 15 is 4.39 Å². The molecule has 1 spiro atoms. The van der Waals surface area contributed by atoms with Crippen LogP contribution in [-0.2, 0) is 16.4 Å². The number of fused-ring (bicyclic) bond motifs is 4. The molecule has 294 valence electrons. The molecule has 1 aromatic carbocycles. The molecule has 8 rings (SSSR count). The highest BCUT2D eigenvalue weighted by molar-refractivity contribution is 5.99. The minimum absolute atomic E-state index is 0.104. The summed E-state index contributed by atoms with van der Waals surface area (Å²) in [5.74, 6) is -2.90. The first-order valence-corrected chi connectivity index (χ1v) is 19.6. The molecule has 1 saturated heterocycles. The van der Waals surface area contributed by atoms with Crippen molar-refractivity contribution in [1.82, 2.24) is 25.3 Å². The molecule has 3 aliphatic carbocycles. The number of nitrogens with one attached hydrogen (secondary N) is 1. The molecule has 5 aliphatic rings. The molecule has 2 N–H and O–H groups in total. The number of rotatable bonds is 7. The van der Waals surface area contributed by atoms with Gasteiger partial charge in [0.15, 0.2) is 17.3 Å². The molecule has 2 bridgehead atoms. The van der Waals surface area contributed by atoms with Gasteiger partial charge in [-0.3, -0.25) is 4.79 Å². The summed E-state index contributed by atoms with van der Waals surface area (Å²) < 4.78 is 67.6. The molecular formula is C40H47F4N7O4. The van der Waals surface area contributed by atoms with Crippen LogP contribution in [0.1, 0.15) is 106 Å². The van der Waals surface area contributed by atoms with Crippen molar-refractivity contribution in [3.63, 3.8) is 0 Å². The van der Waals surface area contributed by atoms with Gasteiger partial charge < -0.3 is 25.0 Å². The fourth-order valence-corrected chi connectivity index (χ4v) is 10.7. The summed E-state index contributed by atoms with van der Waals surface area (Å²) in [5, 5.41) is 13.1. The molecule has 1 amide bonds. The van der Waals surface area contributed by atoms with E-state index in [0.29, 0.717) is 81.2 Å². The number of benzene rings is 1. The van der Waals surface area contributed by atoms with E-state index in [1.54, 1.807) is 31.5 Å². The Bertz CT molecular complexity index is 1930. The lowest BCUT2D eigenvalue weighted by Crippen LogP contribution is -2.66. The van der Waals surface area contributed by atoms with Crippen molar-refractivity contribution in [2.75, 3.05) is 29.4 Å². The number of anilines is 3. The summed E-state index contributed by atoms with van der Waals surface area (Å²) in [5.41, 5.74) is -3.96. The standard InChI is InChI=1S/C40H47F4N7O4/c1-23-17-25-19-24(2)39(35(53)54,26(18-23)20-25)49-34(52)28-21-47-37(48-33(28)40(42,43)44)51-22-38(11-4-3-5-12-38)31-29(51)7-8-30(32(31)41)55-27-9-15-50(16-10-27)36-45-13-6-14-46-36/h6-8,13-14,21,23-27H,3-5,9-12,15-20,22H2,1-2H3,(H,49,52)(H,53,54). The molecule has 55 heavy (non-hydrogen) atoms. The minimum atomic E-state index is -5.07. The van der Waals surface area contributed by atoms with Gasteiger partial charge in [0.25, 0.3) is 5.91 Å². The van der Waals surface area contributed by atoms with Crippen LogP contribution in [0, 0.1) is 29.5 Å². The van der Waals surface area contributed by atoms with Gasteiger partial charge in [0, 0.05) is 62.0 Å². The second-order valence-electron chi connectivity index (χ2n) is 16.6. The molecule has 11 nitrogen and oxygen atoms in total. The third-order valence-corrected chi connectivity index (χ3v) is 13.1. The molecule has 3 saturated carbocycles. The third-order valence-electron chi connectivity index (χ3n) is 13.1. The molecule has 2 aromatic heterocycles. The number of halogens is 4. The number of carbonyl (C=O) groups is 2. The molecule has 3 aromatic rings. The van der Waals surface area contributed by atoms with E-state index in [-0.39, 0.29) is 30.3 Å². The van der Waals surface area contributed by atoms with Gasteiger partial charge >= 0.3 is 12.1 Å².